The first-order valence-electron chi connectivity index (χ1n) is 4.30. The summed E-state index contributed by atoms with van der Waals surface area (Å²) in [6, 6.07) is 8.69. The Bertz CT molecular complexity index is 241. The van der Waals surface area contributed by atoms with Gasteiger partial charge in [-0.2, -0.15) is 0 Å². The van der Waals surface area contributed by atoms with Crippen molar-refractivity contribution in [3.05, 3.63) is 35.4 Å². The maximum atomic E-state index is 5.42. The first-order chi connectivity index (χ1) is 5.77. The van der Waals surface area contributed by atoms with Gasteiger partial charge < -0.3 is 0 Å². The van der Waals surface area contributed by atoms with Crippen molar-refractivity contribution in [3.63, 3.8) is 0 Å². The Labute approximate surface area is 73.8 Å². The summed E-state index contributed by atoms with van der Waals surface area (Å²) >= 11 is 0. The Morgan fingerprint density at radius 1 is 1.50 bits per heavy atom. The van der Waals surface area contributed by atoms with Crippen LogP contribution in [0, 0.1) is 6.92 Å². The topological polar surface area (TPSA) is 38.0 Å². The molecule has 1 rings (SSSR count). The van der Waals surface area contributed by atoms with Gasteiger partial charge in [-0.3, -0.25) is 11.3 Å². The third-order valence-electron chi connectivity index (χ3n) is 2.05. The van der Waals surface area contributed by atoms with E-state index < -0.39 is 0 Å². The van der Waals surface area contributed by atoms with Crippen LogP contribution in [0.25, 0.3) is 0 Å². The molecular weight excluding hydrogens is 148 g/mol. The van der Waals surface area contributed by atoms with Crippen LogP contribution in [0.2, 0.25) is 0 Å². The number of hydrogen-bond donors (Lipinski definition) is 2. The highest BCUT2D eigenvalue weighted by molar-refractivity contribution is 5.24. The van der Waals surface area contributed by atoms with Gasteiger partial charge in [0.1, 0.15) is 0 Å². The average Bonchev–Trinajstić information content (AvgIpc) is 2.07. The van der Waals surface area contributed by atoms with Gasteiger partial charge in [0, 0.05) is 6.04 Å². The molecule has 0 radical (unpaired) electrons. The molecule has 0 saturated heterocycles. The lowest BCUT2D eigenvalue weighted by atomic mass is 10.0. The summed E-state index contributed by atoms with van der Waals surface area (Å²) in [7, 11) is 0. The number of hydrazine groups is 1. The Balaban J connectivity index is 2.85. The Hall–Kier alpha value is -0.860. The zero-order chi connectivity index (χ0) is 8.97. The molecular formula is C10H16N2. The van der Waals surface area contributed by atoms with Crippen molar-refractivity contribution >= 4 is 0 Å². The zero-order valence-electron chi connectivity index (χ0n) is 7.67. The quantitative estimate of drug-likeness (QED) is 0.529. The fourth-order valence-corrected chi connectivity index (χ4v) is 1.34. The molecule has 0 bridgehead atoms. The summed E-state index contributed by atoms with van der Waals surface area (Å²) in [5.41, 5.74) is 5.34. The molecule has 0 aromatic heterocycles. The lowest BCUT2D eigenvalue weighted by Crippen LogP contribution is -2.27. The van der Waals surface area contributed by atoms with Crippen molar-refractivity contribution in [2.45, 2.75) is 26.3 Å². The predicted molar refractivity (Wildman–Crippen MR) is 51.5 cm³/mol. The maximum absolute atomic E-state index is 5.42. The van der Waals surface area contributed by atoms with Crippen LogP contribution in [0.15, 0.2) is 24.3 Å². The standard InChI is InChI=1S/C10H16N2/c1-3-10(12-11)9-6-4-5-8(2)7-9/h4-7,10,12H,3,11H2,1-2H3/t10-/m1/s1. The lowest BCUT2D eigenvalue weighted by molar-refractivity contribution is 0.539. The molecule has 0 aliphatic heterocycles. The van der Waals surface area contributed by atoms with Crippen molar-refractivity contribution < 1.29 is 0 Å². The number of rotatable bonds is 3. The van der Waals surface area contributed by atoms with Gasteiger partial charge in [-0.25, -0.2) is 0 Å². The van der Waals surface area contributed by atoms with Crippen LogP contribution in [0.4, 0.5) is 0 Å². The molecule has 0 saturated carbocycles. The average molecular weight is 164 g/mol. The number of aryl methyl sites for hydroxylation is 1. The molecule has 0 fully saturated rings. The van der Waals surface area contributed by atoms with Gasteiger partial charge in [0.05, 0.1) is 0 Å². The minimum Gasteiger partial charge on any atom is -0.271 e. The van der Waals surface area contributed by atoms with Crippen molar-refractivity contribution in [1.29, 1.82) is 0 Å². The highest BCUT2D eigenvalue weighted by Crippen LogP contribution is 2.15. The van der Waals surface area contributed by atoms with E-state index in [0.29, 0.717) is 0 Å². The first-order valence-corrected chi connectivity index (χ1v) is 4.30. The van der Waals surface area contributed by atoms with Crippen LogP contribution < -0.4 is 11.3 Å². The van der Waals surface area contributed by atoms with E-state index in [4.69, 9.17) is 5.84 Å². The Morgan fingerprint density at radius 3 is 2.75 bits per heavy atom. The first kappa shape index (κ1) is 9.23. The molecule has 0 aliphatic rings. The van der Waals surface area contributed by atoms with Gasteiger partial charge in [-0.1, -0.05) is 36.8 Å². The highest BCUT2D eigenvalue weighted by Gasteiger charge is 2.05. The van der Waals surface area contributed by atoms with E-state index in [1.165, 1.54) is 11.1 Å². The molecule has 2 heteroatoms. The Morgan fingerprint density at radius 2 is 2.25 bits per heavy atom. The van der Waals surface area contributed by atoms with E-state index in [-0.39, 0.29) is 6.04 Å². The lowest BCUT2D eigenvalue weighted by Gasteiger charge is -2.13. The van der Waals surface area contributed by atoms with Gasteiger partial charge in [0.15, 0.2) is 0 Å². The van der Waals surface area contributed by atoms with Gasteiger partial charge in [0.2, 0.25) is 0 Å². The number of benzene rings is 1. The molecule has 1 aromatic carbocycles. The minimum atomic E-state index is 0.282. The van der Waals surface area contributed by atoms with Gasteiger partial charge in [-0.15, -0.1) is 0 Å². The minimum absolute atomic E-state index is 0.282. The summed E-state index contributed by atoms with van der Waals surface area (Å²) in [4.78, 5) is 0. The fourth-order valence-electron chi connectivity index (χ4n) is 1.34. The zero-order valence-corrected chi connectivity index (χ0v) is 7.67. The molecule has 1 atom stereocenters. The summed E-state index contributed by atoms with van der Waals surface area (Å²) in [6.45, 7) is 4.21. The van der Waals surface area contributed by atoms with Crippen molar-refractivity contribution in [2.24, 2.45) is 5.84 Å². The van der Waals surface area contributed by atoms with E-state index in [1.807, 2.05) is 0 Å². The SMILES string of the molecule is CC[C@@H](NN)c1cccc(C)c1. The summed E-state index contributed by atoms with van der Waals surface area (Å²) in [5.74, 6) is 5.42. The van der Waals surface area contributed by atoms with Gasteiger partial charge in [0.25, 0.3) is 0 Å². The second-order valence-electron chi connectivity index (χ2n) is 3.04. The van der Waals surface area contributed by atoms with Crippen LogP contribution in [-0.4, -0.2) is 0 Å². The molecule has 2 nitrogen and oxygen atoms in total. The van der Waals surface area contributed by atoms with Crippen LogP contribution in [0.3, 0.4) is 0 Å². The number of hydrogen-bond acceptors (Lipinski definition) is 2. The normalized spacial score (nSPS) is 12.9. The molecule has 0 spiro atoms. The number of nitrogens with one attached hydrogen (secondary N) is 1. The molecule has 0 aliphatic carbocycles. The van der Waals surface area contributed by atoms with Crippen molar-refractivity contribution in [3.8, 4) is 0 Å². The van der Waals surface area contributed by atoms with Crippen LogP contribution in [0.5, 0.6) is 0 Å². The highest BCUT2D eigenvalue weighted by atomic mass is 15.2. The third kappa shape index (κ3) is 2.06. The largest absolute Gasteiger partial charge is 0.271 e. The van der Waals surface area contributed by atoms with Crippen LogP contribution >= 0.6 is 0 Å². The molecule has 12 heavy (non-hydrogen) atoms. The summed E-state index contributed by atoms with van der Waals surface area (Å²) in [6.07, 6.45) is 1.01. The van der Waals surface area contributed by atoms with Gasteiger partial charge in [-0.05, 0) is 18.9 Å². The van der Waals surface area contributed by atoms with E-state index in [1.54, 1.807) is 0 Å². The van der Waals surface area contributed by atoms with Crippen LogP contribution in [0.1, 0.15) is 30.5 Å². The molecule has 0 amide bonds. The summed E-state index contributed by atoms with van der Waals surface area (Å²) < 4.78 is 0. The van der Waals surface area contributed by atoms with E-state index in [0.717, 1.165) is 6.42 Å². The third-order valence-corrected chi connectivity index (χ3v) is 2.05. The molecule has 3 N–H and O–H groups in total. The predicted octanol–water partition coefficient (Wildman–Crippen LogP) is 1.91. The fraction of sp³-hybridized carbons (Fsp3) is 0.400. The van der Waals surface area contributed by atoms with Gasteiger partial charge >= 0.3 is 0 Å². The smallest absolute Gasteiger partial charge is 0.0457 e. The summed E-state index contributed by atoms with van der Waals surface area (Å²) in [5, 5.41) is 0. The second-order valence-corrected chi connectivity index (χ2v) is 3.04. The molecule has 1 aromatic rings. The van der Waals surface area contributed by atoms with Crippen molar-refractivity contribution in [1.82, 2.24) is 5.43 Å². The van der Waals surface area contributed by atoms with E-state index in [2.05, 4.69) is 43.5 Å². The Kier molecular flexibility index (Phi) is 3.26. The number of nitrogens with two attached hydrogens (primary N) is 1. The maximum Gasteiger partial charge on any atom is 0.0457 e. The monoisotopic (exact) mass is 164 g/mol. The molecule has 0 heterocycles. The van der Waals surface area contributed by atoms with E-state index >= 15 is 0 Å². The second kappa shape index (κ2) is 4.24. The van der Waals surface area contributed by atoms with E-state index in [9.17, 15) is 0 Å². The van der Waals surface area contributed by atoms with Crippen molar-refractivity contribution in [2.75, 3.05) is 0 Å². The molecule has 66 valence electrons. The molecule has 0 unspecified atom stereocenters. The van der Waals surface area contributed by atoms with Crippen LogP contribution in [-0.2, 0) is 0 Å².